The molecule has 4 heterocycles. The lowest BCUT2D eigenvalue weighted by Crippen LogP contribution is -2.35. The second kappa shape index (κ2) is 8.34. The van der Waals surface area contributed by atoms with E-state index in [4.69, 9.17) is 4.42 Å². The van der Waals surface area contributed by atoms with E-state index in [2.05, 4.69) is 9.97 Å². The van der Waals surface area contributed by atoms with E-state index in [1.165, 1.54) is 22.2 Å². The van der Waals surface area contributed by atoms with Crippen LogP contribution < -0.4 is 5.56 Å². The SMILES string of the molecule is Cc1ccc2nc(CSc3nc4cc(S(=O)(=O)N5CCCCC5)ccc4o3)cc(=O)n2c1. The van der Waals surface area contributed by atoms with Crippen LogP contribution in [0.4, 0.5) is 0 Å². The summed E-state index contributed by atoms with van der Waals surface area (Å²) in [5.74, 6) is 0.408. The van der Waals surface area contributed by atoms with Crippen LogP contribution in [0.1, 0.15) is 30.5 Å². The van der Waals surface area contributed by atoms with Gasteiger partial charge in [-0.1, -0.05) is 24.2 Å². The summed E-state index contributed by atoms with van der Waals surface area (Å²) in [6, 6.07) is 10.0. The fraction of sp³-hybridized carbons (Fsp3) is 0.318. The third kappa shape index (κ3) is 4.05. The Kier molecular flexibility index (Phi) is 5.52. The molecule has 1 saturated heterocycles. The number of fused-ring (bicyclic) bond motifs is 2. The minimum absolute atomic E-state index is 0.139. The summed E-state index contributed by atoms with van der Waals surface area (Å²) in [6.45, 7) is 3.03. The average molecular weight is 471 g/mol. The summed E-state index contributed by atoms with van der Waals surface area (Å²) in [5, 5.41) is 0.401. The summed E-state index contributed by atoms with van der Waals surface area (Å²) in [5.41, 5.74) is 3.07. The molecule has 1 aromatic carbocycles. The Hall–Kier alpha value is -2.69. The van der Waals surface area contributed by atoms with Gasteiger partial charge in [-0.15, -0.1) is 0 Å². The number of hydrogen-bond acceptors (Lipinski definition) is 7. The standard InChI is InChI=1S/C22H22N4O4S2/c1-15-5-8-20-23-16(11-21(27)26(20)13-15)14-31-22-24-18-12-17(6-7-19(18)30-22)32(28,29)25-9-3-2-4-10-25/h5-8,11-13H,2-4,9-10,14H2,1H3. The lowest BCUT2D eigenvalue weighted by atomic mass is 10.2. The van der Waals surface area contributed by atoms with Gasteiger partial charge in [0.2, 0.25) is 10.0 Å². The van der Waals surface area contributed by atoms with Gasteiger partial charge in [-0.2, -0.15) is 4.31 Å². The topological polar surface area (TPSA) is 97.8 Å². The molecule has 0 bridgehead atoms. The number of rotatable bonds is 5. The predicted octanol–water partition coefficient (Wildman–Crippen LogP) is 3.61. The first-order valence-corrected chi connectivity index (χ1v) is 12.9. The second-order valence-electron chi connectivity index (χ2n) is 7.88. The van der Waals surface area contributed by atoms with Gasteiger partial charge in [-0.05, 0) is 49.6 Å². The Morgan fingerprint density at radius 1 is 1.06 bits per heavy atom. The van der Waals surface area contributed by atoms with E-state index in [1.54, 1.807) is 28.7 Å². The summed E-state index contributed by atoms with van der Waals surface area (Å²) in [7, 11) is -3.53. The summed E-state index contributed by atoms with van der Waals surface area (Å²) < 4.78 is 34.7. The normalized spacial score (nSPS) is 15.5. The highest BCUT2D eigenvalue weighted by Crippen LogP contribution is 2.29. The molecule has 0 unspecified atom stereocenters. The number of aryl methyl sites for hydroxylation is 1. The van der Waals surface area contributed by atoms with Crippen molar-refractivity contribution in [1.29, 1.82) is 0 Å². The molecule has 0 N–H and O–H groups in total. The van der Waals surface area contributed by atoms with Crippen LogP contribution in [0.3, 0.4) is 0 Å². The van der Waals surface area contributed by atoms with E-state index < -0.39 is 10.0 Å². The Labute approximate surface area is 189 Å². The molecular weight excluding hydrogens is 448 g/mol. The number of pyridine rings is 1. The number of sulfonamides is 1. The minimum atomic E-state index is -3.53. The van der Waals surface area contributed by atoms with Crippen LogP contribution in [-0.2, 0) is 15.8 Å². The van der Waals surface area contributed by atoms with Crippen molar-refractivity contribution in [2.75, 3.05) is 13.1 Å². The molecule has 0 radical (unpaired) electrons. The first kappa shape index (κ1) is 21.2. The van der Waals surface area contributed by atoms with Crippen molar-refractivity contribution < 1.29 is 12.8 Å². The fourth-order valence-electron chi connectivity index (χ4n) is 3.83. The lowest BCUT2D eigenvalue weighted by molar-refractivity contribution is 0.346. The molecule has 32 heavy (non-hydrogen) atoms. The first-order valence-electron chi connectivity index (χ1n) is 10.4. The zero-order chi connectivity index (χ0) is 22.3. The molecule has 0 aliphatic carbocycles. The van der Waals surface area contributed by atoms with Gasteiger partial charge in [0.15, 0.2) is 5.58 Å². The number of hydrogen-bond donors (Lipinski definition) is 0. The van der Waals surface area contributed by atoms with Gasteiger partial charge < -0.3 is 4.42 Å². The number of thioether (sulfide) groups is 1. The highest BCUT2D eigenvalue weighted by molar-refractivity contribution is 7.98. The molecule has 3 aromatic heterocycles. The van der Waals surface area contributed by atoms with Crippen LogP contribution in [0.25, 0.3) is 16.7 Å². The van der Waals surface area contributed by atoms with Crippen molar-refractivity contribution >= 4 is 38.5 Å². The maximum Gasteiger partial charge on any atom is 0.258 e. The maximum atomic E-state index is 12.9. The first-order chi connectivity index (χ1) is 15.4. The number of oxazole rings is 1. The van der Waals surface area contributed by atoms with Crippen LogP contribution >= 0.6 is 11.8 Å². The van der Waals surface area contributed by atoms with Crippen molar-refractivity contribution in [3.8, 4) is 0 Å². The van der Waals surface area contributed by atoms with Gasteiger partial charge in [-0.3, -0.25) is 9.20 Å². The molecule has 0 amide bonds. The number of piperidine rings is 1. The third-order valence-electron chi connectivity index (χ3n) is 5.50. The van der Waals surface area contributed by atoms with Crippen molar-refractivity contribution in [1.82, 2.24) is 18.7 Å². The average Bonchev–Trinajstić information content (AvgIpc) is 3.21. The Morgan fingerprint density at radius 2 is 1.88 bits per heavy atom. The smallest absolute Gasteiger partial charge is 0.258 e. The molecular formula is C22H22N4O4S2. The van der Waals surface area contributed by atoms with Crippen molar-refractivity contribution in [3.05, 3.63) is 64.2 Å². The van der Waals surface area contributed by atoms with Gasteiger partial charge in [0.25, 0.3) is 10.8 Å². The molecule has 4 aromatic rings. The zero-order valence-electron chi connectivity index (χ0n) is 17.5. The van der Waals surface area contributed by atoms with Crippen molar-refractivity contribution in [2.24, 2.45) is 0 Å². The largest absolute Gasteiger partial charge is 0.431 e. The van der Waals surface area contributed by atoms with E-state index in [0.29, 0.717) is 46.5 Å². The van der Waals surface area contributed by atoms with Gasteiger partial charge in [-0.25, -0.2) is 18.4 Å². The third-order valence-corrected chi connectivity index (χ3v) is 8.25. The van der Waals surface area contributed by atoms with Crippen molar-refractivity contribution in [2.45, 2.75) is 42.1 Å². The quantitative estimate of drug-likeness (QED) is 0.411. The maximum absolute atomic E-state index is 12.9. The number of nitrogens with zero attached hydrogens (tertiary/aromatic N) is 4. The van der Waals surface area contributed by atoms with E-state index in [1.807, 2.05) is 19.1 Å². The highest BCUT2D eigenvalue weighted by atomic mass is 32.2. The Morgan fingerprint density at radius 3 is 2.69 bits per heavy atom. The summed E-state index contributed by atoms with van der Waals surface area (Å²) in [6.07, 6.45) is 4.60. The molecule has 166 valence electrons. The molecule has 1 aliphatic heterocycles. The van der Waals surface area contributed by atoms with Gasteiger partial charge in [0.1, 0.15) is 11.2 Å². The summed E-state index contributed by atoms with van der Waals surface area (Å²) >= 11 is 1.31. The van der Waals surface area contributed by atoms with Crippen LogP contribution in [0.15, 0.2) is 61.9 Å². The van der Waals surface area contributed by atoms with E-state index in [-0.39, 0.29) is 10.5 Å². The van der Waals surface area contributed by atoms with E-state index in [0.717, 1.165) is 24.8 Å². The monoisotopic (exact) mass is 470 g/mol. The van der Waals surface area contributed by atoms with E-state index in [9.17, 15) is 13.2 Å². The van der Waals surface area contributed by atoms with Crippen LogP contribution in [0, 0.1) is 6.92 Å². The van der Waals surface area contributed by atoms with Crippen molar-refractivity contribution in [3.63, 3.8) is 0 Å². The summed E-state index contributed by atoms with van der Waals surface area (Å²) in [4.78, 5) is 21.6. The molecule has 10 heteroatoms. The molecule has 0 atom stereocenters. The van der Waals surface area contributed by atoms with Gasteiger partial charge in [0.05, 0.1) is 10.6 Å². The molecule has 0 saturated carbocycles. The van der Waals surface area contributed by atoms with Crippen LogP contribution in [0.5, 0.6) is 0 Å². The Bertz CT molecular complexity index is 1470. The molecule has 8 nitrogen and oxygen atoms in total. The van der Waals surface area contributed by atoms with Gasteiger partial charge >= 0.3 is 0 Å². The molecule has 1 aliphatic rings. The number of aromatic nitrogens is 3. The fourth-order valence-corrected chi connectivity index (χ4v) is 6.10. The lowest BCUT2D eigenvalue weighted by Gasteiger charge is -2.25. The molecule has 0 spiro atoms. The van der Waals surface area contributed by atoms with Crippen LogP contribution in [-0.4, -0.2) is 40.2 Å². The van der Waals surface area contributed by atoms with Gasteiger partial charge in [0, 0.05) is 31.1 Å². The second-order valence-corrected chi connectivity index (χ2v) is 10.7. The highest BCUT2D eigenvalue weighted by Gasteiger charge is 2.26. The predicted molar refractivity (Wildman–Crippen MR) is 122 cm³/mol. The zero-order valence-corrected chi connectivity index (χ0v) is 19.2. The molecule has 5 rings (SSSR count). The molecule has 1 fully saturated rings. The minimum Gasteiger partial charge on any atom is -0.431 e. The van der Waals surface area contributed by atoms with E-state index >= 15 is 0 Å². The van der Waals surface area contributed by atoms with Crippen LogP contribution in [0.2, 0.25) is 0 Å². The Balaban J connectivity index is 1.37. The number of benzene rings is 1.